The number of carbonyl (C=O) groups is 1. The Kier molecular flexibility index (Phi) is 8.53. The highest BCUT2D eigenvalue weighted by molar-refractivity contribution is 8.76. The number of benzene rings is 1. The molecule has 0 saturated carbocycles. The lowest BCUT2D eigenvalue weighted by Crippen LogP contribution is -2.16. The van der Waals surface area contributed by atoms with Crippen molar-refractivity contribution in [2.24, 2.45) is 0 Å². The Hall–Kier alpha value is -0.230. The van der Waals surface area contributed by atoms with Crippen LogP contribution in [-0.4, -0.2) is 30.7 Å². The molecule has 0 saturated heterocycles. The van der Waals surface area contributed by atoms with Crippen molar-refractivity contribution in [3.8, 4) is 5.75 Å². The normalized spacial score (nSPS) is 10.3. The average Bonchev–Trinajstić information content (AvgIpc) is 2.37. The van der Waals surface area contributed by atoms with Crippen LogP contribution in [0.1, 0.15) is 6.92 Å². The molecule has 3 nitrogen and oxygen atoms in total. The molecule has 0 atom stereocenters. The Morgan fingerprint density at radius 2 is 2.11 bits per heavy atom. The smallest absolute Gasteiger partial charge is 0.344 e. The Morgan fingerprint density at radius 1 is 1.32 bits per heavy atom. The lowest BCUT2D eigenvalue weighted by atomic mass is 10.3. The highest BCUT2D eigenvalue weighted by Crippen LogP contribution is 2.27. The van der Waals surface area contributed by atoms with Crippen molar-refractivity contribution in [3.05, 3.63) is 28.2 Å². The van der Waals surface area contributed by atoms with Gasteiger partial charge in [0.2, 0.25) is 0 Å². The zero-order valence-electron chi connectivity index (χ0n) is 10.4. The third-order valence-corrected chi connectivity index (χ3v) is 4.84. The molecule has 0 spiro atoms. The highest BCUT2D eigenvalue weighted by Gasteiger charge is 2.07. The summed E-state index contributed by atoms with van der Waals surface area (Å²) in [5.74, 6) is 1.81. The summed E-state index contributed by atoms with van der Waals surface area (Å²) in [5, 5.41) is 0.889. The first-order valence-electron chi connectivity index (χ1n) is 5.61. The summed E-state index contributed by atoms with van der Waals surface area (Å²) in [6.45, 7) is 2.30. The van der Waals surface area contributed by atoms with E-state index in [-0.39, 0.29) is 6.61 Å². The summed E-state index contributed by atoms with van der Waals surface area (Å²) < 4.78 is 10.3. The van der Waals surface area contributed by atoms with E-state index in [1.54, 1.807) is 39.8 Å². The van der Waals surface area contributed by atoms with Gasteiger partial charge in [0, 0.05) is 16.5 Å². The van der Waals surface area contributed by atoms with Crippen LogP contribution in [-0.2, 0) is 9.53 Å². The molecule has 0 bridgehead atoms. The van der Waals surface area contributed by atoms with Crippen LogP contribution in [0.3, 0.4) is 0 Å². The van der Waals surface area contributed by atoms with E-state index in [1.807, 2.05) is 0 Å². The molecule has 0 N–H and O–H groups in total. The summed E-state index contributed by atoms with van der Waals surface area (Å²) in [4.78, 5) is 11.4. The summed E-state index contributed by atoms with van der Waals surface area (Å²) in [7, 11) is 3.41. The lowest BCUT2D eigenvalue weighted by molar-refractivity contribution is -0.145. The molecule has 0 unspecified atom stereocenters. The third-order valence-electron chi connectivity index (χ3n) is 1.87. The highest BCUT2D eigenvalue weighted by atomic mass is 35.5. The molecule has 0 heterocycles. The second-order valence-electron chi connectivity index (χ2n) is 3.31. The van der Waals surface area contributed by atoms with E-state index in [0.29, 0.717) is 22.4 Å². The summed E-state index contributed by atoms with van der Waals surface area (Å²) in [5.41, 5.74) is 0. The molecule has 0 radical (unpaired) electrons. The molecule has 0 aliphatic heterocycles. The number of ether oxygens (including phenoxy) is 2. The van der Waals surface area contributed by atoms with E-state index < -0.39 is 5.97 Å². The zero-order valence-corrected chi connectivity index (χ0v) is 13.5. The van der Waals surface area contributed by atoms with Gasteiger partial charge in [-0.05, 0) is 18.2 Å². The average molecular weight is 341 g/mol. The summed E-state index contributed by atoms with van der Waals surface area (Å²) in [6.07, 6.45) is 0. The van der Waals surface area contributed by atoms with E-state index in [2.05, 4.69) is 6.92 Å². The molecule has 1 aromatic carbocycles. The fourth-order valence-electron chi connectivity index (χ4n) is 1.10. The largest absolute Gasteiger partial charge is 0.480 e. The Labute approximate surface area is 130 Å². The van der Waals surface area contributed by atoms with Crippen molar-refractivity contribution in [1.82, 2.24) is 0 Å². The van der Waals surface area contributed by atoms with Crippen molar-refractivity contribution in [1.29, 1.82) is 0 Å². The van der Waals surface area contributed by atoms with Crippen LogP contribution in [0.5, 0.6) is 5.75 Å². The van der Waals surface area contributed by atoms with Crippen molar-refractivity contribution >= 4 is 50.8 Å². The molecule has 0 aliphatic rings. The van der Waals surface area contributed by atoms with E-state index in [4.69, 9.17) is 32.7 Å². The monoisotopic (exact) mass is 340 g/mol. The molecule has 7 heteroatoms. The van der Waals surface area contributed by atoms with Crippen molar-refractivity contribution < 1.29 is 14.3 Å². The number of rotatable bonds is 8. The van der Waals surface area contributed by atoms with Gasteiger partial charge in [0.1, 0.15) is 12.4 Å². The number of hydrogen-bond donors (Lipinski definition) is 0. The maximum Gasteiger partial charge on any atom is 0.344 e. The van der Waals surface area contributed by atoms with Crippen molar-refractivity contribution in [2.45, 2.75) is 6.92 Å². The fraction of sp³-hybridized carbons (Fsp3) is 0.417. The molecule has 19 heavy (non-hydrogen) atoms. The number of halogens is 2. The van der Waals surface area contributed by atoms with Gasteiger partial charge in [0.15, 0.2) is 6.61 Å². The van der Waals surface area contributed by atoms with Crippen molar-refractivity contribution in [3.63, 3.8) is 0 Å². The van der Waals surface area contributed by atoms with Gasteiger partial charge in [-0.3, -0.25) is 0 Å². The first-order chi connectivity index (χ1) is 9.13. The minimum absolute atomic E-state index is 0.160. The second-order valence-corrected chi connectivity index (χ2v) is 7.03. The molecule has 0 amide bonds. The van der Waals surface area contributed by atoms with Crippen LogP contribution in [0.25, 0.3) is 0 Å². The molecule has 0 aliphatic carbocycles. The lowest BCUT2D eigenvalue weighted by Gasteiger charge is -2.08. The van der Waals surface area contributed by atoms with Crippen LogP contribution in [0.4, 0.5) is 0 Å². The van der Waals surface area contributed by atoms with Gasteiger partial charge >= 0.3 is 5.97 Å². The third kappa shape index (κ3) is 7.20. The molecule has 1 rings (SSSR count). The molecular formula is C12H14Cl2O3S2. The maximum atomic E-state index is 11.4. The minimum Gasteiger partial charge on any atom is -0.480 e. The standard InChI is InChI=1S/C12H14Cl2O3S2/c1-2-18-19-6-5-16-12(15)8-17-11-4-3-9(13)7-10(11)14/h3-4,7H,2,5-6,8H2,1H3. The van der Waals surface area contributed by atoms with Crippen LogP contribution in [0.15, 0.2) is 18.2 Å². The van der Waals surface area contributed by atoms with Gasteiger partial charge in [-0.15, -0.1) is 0 Å². The molecule has 0 aromatic heterocycles. The number of esters is 1. The molecular weight excluding hydrogens is 327 g/mol. The fourth-order valence-corrected chi connectivity index (χ4v) is 3.06. The van der Waals surface area contributed by atoms with Crippen LogP contribution < -0.4 is 4.74 Å². The van der Waals surface area contributed by atoms with Crippen LogP contribution >= 0.6 is 44.8 Å². The van der Waals surface area contributed by atoms with Gasteiger partial charge in [0.05, 0.1) is 5.02 Å². The summed E-state index contributed by atoms with van der Waals surface area (Å²) in [6, 6.07) is 4.82. The predicted molar refractivity (Wildman–Crippen MR) is 83.5 cm³/mol. The summed E-state index contributed by atoms with van der Waals surface area (Å²) >= 11 is 11.7. The van der Waals surface area contributed by atoms with Gasteiger partial charge in [0.25, 0.3) is 0 Å². The van der Waals surface area contributed by atoms with Gasteiger partial charge < -0.3 is 9.47 Å². The topological polar surface area (TPSA) is 35.5 Å². The van der Waals surface area contributed by atoms with E-state index in [0.717, 1.165) is 11.5 Å². The molecule has 106 valence electrons. The Morgan fingerprint density at radius 3 is 2.79 bits per heavy atom. The van der Waals surface area contributed by atoms with Gasteiger partial charge in [-0.1, -0.05) is 51.7 Å². The SMILES string of the molecule is CCSSCCOC(=O)COc1ccc(Cl)cc1Cl. The Balaban J connectivity index is 2.22. The molecule has 0 fully saturated rings. The quantitative estimate of drug-likeness (QED) is 0.400. The van der Waals surface area contributed by atoms with Crippen LogP contribution in [0.2, 0.25) is 10.0 Å². The second kappa shape index (κ2) is 9.64. The first kappa shape index (κ1) is 16.8. The van der Waals surface area contributed by atoms with Crippen LogP contribution in [0, 0.1) is 0 Å². The first-order valence-corrected chi connectivity index (χ1v) is 8.85. The molecule has 1 aromatic rings. The van der Waals surface area contributed by atoms with E-state index in [1.165, 1.54) is 0 Å². The maximum absolute atomic E-state index is 11.4. The number of carbonyl (C=O) groups excluding carboxylic acids is 1. The van der Waals surface area contributed by atoms with Gasteiger partial charge in [-0.25, -0.2) is 4.79 Å². The zero-order chi connectivity index (χ0) is 14.1. The van der Waals surface area contributed by atoms with E-state index in [9.17, 15) is 4.79 Å². The minimum atomic E-state index is -0.409. The number of hydrogen-bond acceptors (Lipinski definition) is 5. The Bertz CT molecular complexity index is 416. The van der Waals surface area contributed by atoms with Crippen molar-refractivity contribution in [2.75, 3.05) is 24.7 Å². The van der Waals surface area contributed by atoms with E-state index >= 15 is 0 Å². The van der Waals surface area contributed by atoms with Gasteiger partial charge in [-0.2, -0.15) is 0 Å². The predicted octanol–water partition coefficient (Wildman–Crippen LogP) is 4.32.